The maximum absolute atomic E-state index is 11.9. The molecule has 2 atom stereocenters. The van der Waals surface area contributed by atoms with Crippen molar-refractivity contribution in [3.63, 3.8) is 0 Å². The molecule has 0 aromatic carbocycles. The fraction of sp³-hybridized carbons (Fsp3) is 0.850. The number of hydrogen-bond acceptors (Lipinski definition) is 3. The third-order valence-electron chi connectivity index (χ3n) is 4.27. The van der Waals surface area contributed by atoms with Crippen LogP contribution < -0.4 is 5.32 Å². The van der Waals surface area contributed by atoms with E-state index in [2.05, 4.69) is 19.2 Å². The van der Waals surface area contributed by atoms with Crippen molar-refractivity contribution < 1.29 is 15.0 Å². The van der Waals surface area contributed by atoms with Crippen molar-refractivity contribution in [2.45, 2.75) is 103 Å². The van der Waals surface area contributed by atoms with E-state index >= 15 is 0 Å². The molecular formula is C20H39NO3. The first-order valence-electron chi connectivity index (χ1n) is 9.90. The molecule has 0 aliphatic heterocycles. The van der Waals surface area contributed by atoms with Crippen molar-refractivity contribution in [3.8, 4) is 0 Å². The highest BCUT2D eigenvalue weighted by Gasteiger charge is 2.17. The maximum Gasteiger partial charge on any atom is 0.220 e. The Kier molecular flexibility index (Phi) is 16.4. The summed E-state index contributed by atoms with van der Waals surface area (Å²) in [5, 5.41) is 22.2. The molecule has 0 heterocycles. The molecule has 0 fully saturated rings. The number of amides is 1. The average Bonchev–Trinajstić information content (AvgIpc) is 2.58. The summed E-state index contributed by atoms with van der Waals surface area (Å²) in [5.74, 6) is -0.0824. The fourth-order valence-electron chi connectivity index (χ4n) is 2.64. The zero-order valence-electron chi connectivity index (χ0n) is 15.8. The van der Waals surface area contributed by atoms with Gasteiger partial charge in [0.2, 0.25) is 5.91 Å². The van der Waals surface area contributed by atoms with E-state index in [0.717, 1.165) is 25.7 Å². The normalized spacial score (nSPS) is 14.0. The van der Waals surface area contributed by atoms with E-state index < -0.39 is 12.1 Å². The van der Waals surface area contributed by atoms with Gasteiger partial charge in [-0.05, 0) is 19.3 Å². The molecule has 142 valence electrons. The average molecular weight is 342 g/mol. The smallest absolute Gasteiger partial charge is 0.220 e. The quantitative estimate of drug-likeness (QED) is 0.292. The summed E-state index contributed by atoms with van der Waals surface area (Å²) in [4.78, 5) is 11.9. The van der Waals surface area contributed by atoms with Gasteiger partial charge in [-0.25, -0.2) is 0 Å². The Balaban J connectivity index is 3.85. The molecule has 2 unspecified atom stereocenters. The topological polar surface area (TPSA) is 69.6 Å². The van der Waals surface area contributed by atoms with Crippen molar-refractivity contribution in [2.24, 2.45) is 0 Å². The summed E-state index contributed by atoms with van der Waals surface area (Å²) in [6.07, 6.45) is 15.8. The van der Waals surface area contributed by atoms with Crippen molar-refractivity contribution in [1.82, 2.24) is 5.32 Å². The van der Waals surface area contributed by atoms with Crippen LogP contribution in [0.25, 0.3) is 0 Å². The van der Waals surface area contributed by atoms with Crippen LogP contribution in [0.15, 0.2) is 12.2 Å². The molecule has 0 bridgehead atoms. The molecule has 4 heteroatoms. The highest BCUT2D eigenvalue weighted by Crippen LogP contribution is 2.09. The molecule has 0 spiro atoms. The summed E-state index contributed by atoms with van der Waals surface area (Å²) in [5.41, 5.74) is 0. The van der Waals surface area contributed by atoms with Crippen LogP contribution >= 0.6 is 0 Å². The number of unbranched alkanes of at least 4 members (excludes halogenated alkanes) is 9. The van der Waals surface area contributed by atoms with Crippen molar-refractivity contribution >= 4 is 5.91 Å². The molecule has 0 aliphatic carbocycles. The van der Waals surface area contributed by atoms with Crippen molar-refractivity contribution in [2.75, 3.05) is 6.61 Å². The lowest BCUT2D eigenvalue weighted by molar-refractivity contribution is -0.123. The van der Waals surface area contributed by atoms with Crippen LogP contribution in [0.3, 0.4) is 0 Å². The van der Waals surface area contributed by atoms with E-state index in [9.17, 15) is 15.0 Å². The van der Waals surface area contributed by atoms with E-state index in [4.69, 9.17) is 0 Å². The van der Waals surface area contributed by atoms with Gasteiger partial charge in [-0.15, -0.1) is 0 Å². The Morgan fingerprint density at radius 3 is 2.17 bits per heavy atom. The Labute approximate surface area is 148 Å². The highest BCUT2D eigenvalue weighted by molar-refractivity contribution is 5.76. The number of rotatable bonds is 16. The first-order chi connectivity index (χ1) is 11.7. The van der Waals surface area contributed by atoms with Crippen LogP contribution in [-0.4, -0.2) is 34.9 Å². The van der Waals surface area contributed by atoms with Crippen molar-refractivity contribution in [3.05, 3.63) is 12.2 Å². The molecule has 0 saturated heterocycles. The second kappa shape index (κ2) is 17.0. The van der Waals surface area contributed by atoms with Gasteiger partial charge in [-0.3, -0.25) is 4.79 Å². The van der Waals surface area contributed by atoms with Crippen LogP contribution in [0.1, 0.15) is 90.9 Å². The predicted molar refractivity (Wildman–Crippen MR) is 101 cm³/mol. The number of hydrogen-bond donors (Lipinski definition) is 3. The summed E-state index contributed by atoms with van der Waals surface area (Å²) in [6, 6.07) is -0.607. The van der Waals surface area contributed by atoms with Gasteiger partial charge in [0, 0.05) is 6.42 Å². The lowest BCUT2D eigenvalue weighted by Gasteiger charge is -2.20. The van der Waals surface area contributed by atoms with E-state index in [-0.39, 0.29) is 12.5 Å². The number of aliphatic hydroxyl groups is 2. The van der Waals surface area contributed by atoms with Gasteiger partial charge in [-0.1, -0.05) is 77.4 Å². The number of carbonyl (C=O) groups excluding carboxylic acids is 1. The number of allylic oxidation sites excluding steroid dienone is 1. The highest BCUT2D eigenvalue weighted by atomic mass is 16.3. The monoisotopic (exact) mass is 341 g/mol. The fourth-order valence-corrected chi connectivity index (χ4v) is 2.64. The molecule has 0 aromatic heterocycles. The van der Waals surface area contributed by atoms with Gasteiger partial charge in [-0.2, -0.15) is 0 Å². The molecule has 0 aromatic rings. The van der Waals surface area contributed by atoms with Gasteiger partial charge in [0.25, 0.3) is 0 Å². The van der Waals surface area contributed by atoms with Gasteiger partial charge in [0.15, 0.2) is 0 Å². The maximum atomic E-state index is 11.9. The molecule has 4 nitrogen and oxygen atoms in total. The number of nitrogens with one attached hydrogen (secondary N) is 1. The lowest BCUT2D eigenvalue weighted by Crippen LogP contribution is -2.45. The molecule has 24 heavy (non-hydrogen) atoms. The van der Waals surface area contributed by atoms with Gasteiger partial charge in [0.05, 0.1) is 18.8 Å². The van der Waals surface area contributed by atoms with E-state index in [0.29, 0.717) is 6.42 Å². The minimum atomic E-state index is -0.824. The number of carbonyl (C=O) groups is 1. The van der Waals surface area contributed by atoms with Gasteiger partial charge >= 0.3 is 0 Å². The molecule has 0 radical (unpaired) electrons. The standard InChI is InChI=1S/C20H39NO3/c1-3-5-7-9-10-12-14-16-20(24)21-18(17-22)19(23)15-13-11-8-6-4-2/h13,15,18-19,22-23H,3-12,14,16-17H2,1-2H3,(H,21,24)/b15-13+. The Hall–Kier alpha value is -0.870. The van der Waals surface area contributed by atoms with Crippen LogP contribution in [0, 0.1) is 0 Å². The van der Waals surface area contributed by atoms with Gasteiger partial charge in [0.1, 0.15) is 0 Å². The molecule has 0 aliphatic rings. The third-order valence-corrected chi connectivity index (χ3v) is 4.27. The summed E-state index contributed by atoms with van der Waals surface area (Å²) >= 11 is 0. The molecule has 0 saturated carbocycles. The summed E-state index contributed by atoms with van der Waals surface area (Å²) in [6.45, 7) is 4.11. The Morgan fingerprint density at radius 2 is 1.54 bits per heavy atom. The Morgan fingerprint density at radius 1 is 0.958 bits per heavy atom. The molecule has 3 N–H and O–H groups in total. The van der Waals surface area contributed by atoms with Gasteiger partial charge < -0.3 is 15.5 Å². The van der Waals surface area contributed by atoms with Crippen molar-refractivity contribution in [1.29, 1.82) is 0 Å². The van der Waals surface area contributed by atoms with Crippen LogP contribution in [0.2, 0.25) is 0 Å². The van der Waals surface area contributed by atoms with E-state index in [1.54, 1.807) is 6.08 Å². The minimum Gasteiger partial charge on any atom is -0.394 e. The van der Waals surface area contributed by atoms with Crippen LogP contribution in [0.4, 0.5) is 0 Å². The third kappa shape index (κ3) is 13.6. The SMILES string of the molecule is CCCCC/C=C/C(O)C(CO)NC(=O)CCCCCCCCC. The molecule has 0 rings (SSSR count). The second-order valence-electron chi connectivity index (χ2n) is 6.64. The molecule has 1 amide bonds. The predicted octanol–water partition coefficient (Wildman–Crippen LogP) is 4.10. The zero-order valence-corrected chi connectivity index (χ0v) is 15.8. The van der Waals surface area contributed by atoms with E-state index in [1.165, 1.54) is 44.9 Å². The zero-order chi connectivity index (χ0) is 18.0. The van der Waals surface area contributed by atoms with E-state index in [1.807, 2.05) is 6.08 Å². The first-order valence-corrected chi connectivity index (χ1v) is 9.90. The number of aliphatic hydroxyl groups excluding tert-OH is 2. The van der Waals surface area contributed by atoms with Crippen LogP contribution in [0.5, 0.6) is 0 Å². The largest absolute Gasteiger partial charge is 0.394 e. The summed E-state index contributed by atoms with van der Waals surface area (Å²) < 4.78 is 0. The van der Waals surface area contributed by atoms with Crippen LogP contribution in [-0.2, 0) is 4.79 Å². The lowest BCUT2D eigenvalue weighted by atomic mass is 10.1. The Bertz CT molecular complexity index is 318. The minimum absolute atomic E-state index is 0.0824. The molecular weight excluding hydrogens is 302 g/mol. The second-order valence-corrected chi connectivity index (χ2v) is 6.64. The first kappa shape index (κ1) is 23.1. The summed E-state index contributed by atoms with van der Waals surface area (Å²) in [7, 11) is 0.